The van der Waals surface area contributed by atoms with E-state index in [1.807, 2.05) is 52.9 Å². The van der Waals surface area contributed by atoms with E-state index in [1.54, 1.807) is 16.2 Å². The number of non-ortho nitro benzene ring substituents is 1. The molecule has 0 bridgehead atoms. The van der Waals surface area contributed by atoms with E-state index in [4.69, 9.17) is 0 Å². The van der Waals surface area contributed by atoms with Crippen molar-refractivity contribution in [1.29, 1.82) is 0 Å². The summed E-state index contributed by atoms with van der Waals surface area (Å²) in [5, 5.41) is 14.1. The first-order chi connectivity index (χ1) is 11.0. The highest BCUT2D eigenvalue weighted by atomic mass is 127. The zero-order valence-electron chi connectivity index (χ0n) is 12.4. The molecule has 23 heavy (non-hydrogen) atoms. The van der Waals surface area contributed by atoms with Gasteiger partial charge in [0.15, 0.2) is 5.78 Å². The molecule has 0 amide bonds. The first-order valence-corrected chi connectivity index (χ1v) is 8.14. The molecule has 0 spiro atoms. The molecule has 6 heteroatoms. The SMILES string of the molecule is CC(=O)/C(=C/I)C(Nc1ccccc1)c1ccc([N+](=O)[O-])cc1. The monoisotopic (exact) mass is 422 g/mol. The Morgan fingerprint density at radius 3 is 2.26 bits per heavy atom. The van der Waals surface area contributed by atoms with Gasteiger partial charge in [-0.2, -0.15) is 0 Å². The average Bonchev–Trinajstić information content (AvgIpc) is 2.55. The maximum atomic E-state index is 11.9. The lowest BCUT2D eigenvalue weighted by Gasteiger charge is -2.21. The number of carbonyl (C=O) groups excluding carboxylic acids is 1. The highest BCUT2D eigenvalue weighted by Crippen LogP contribution is 2.29. The third-order valence-electron chi connectivity index (χ3n) is 3.36. The number of carbonyl (C=O) groups is 1. The van der Waals surface area contributed by atoms with Crippen molar-refractivity contribution in [3.8, 4) is 0 Å². The van der Waals surface area contributed by atoms with Crippen molar-refractivity contribution in [2.75, 3.05) is 5.32 Å². The maximum Gasteiger partial charge on any atom is 0.269 e. The van der Waals surface area contributed by atoms with Crippen LogP contribution < -0.4 is 5.32 Å². The number of rotatable bonds is 6. The minimum Gasteiger partial charge on any atom is -0.374 e. The lowest BCUT2D eigenvalue weighted by molar-refractivity contribution is -0.384. The number of nitrogens with one attached hydrogen (secondary N) is 1. The van der Waals surface area contributed by atoms with E-state index in [1.165, 1.54) is 19.1 Å². The van der Waals surface area contributed by atoms with E-state index < -0.39 is 4.92 Å². The molecule has 5 nitrogen and oxygen atoms in total. The highest BCUT2D eigenvalue weighted by Gasteiger charge is 2.20. The second-order valence-corrected chi connectivity index (χ2v) is 5.54. The van der Waals surface area contributed by atoms with Crippen molar-refractivity contribution >= 4 is 39.7 Å². The predicted molar refractivity (Wildman–Crippen MR) is 98.7 cm³/mol. The second-order valence-electron chi connectivity index (χ2n) is 4.91. The molecule has 0 radical (unpaired) electrons. The van der Waals surface area contributed by atoms with Crippen molar-refractivity contribution < 1.29 is 9.72 Å². The molecule has 0 aliphatic heterocycles. The summed E-state index contributed by atoms with van der Waals surface area (Å²) in [6.45, 7) is 1.51. The van der Waals surface area contributed by atoms with Gasteiger partial charge in [0, 0.05) is 23.4 Å². The van der Waals surface area contributed by atoms with Crippen molar-refractivity contribution in [3.63, 3.8) is 0 Å². The van der Waals surface area contributed by atoms with Crippen LogP contribution in [-0.2, 0) is 4.79 Å². The summed E-state index contributed by atoms with van der Waals surface area (Å²) >= 11 is 2.04. The largest absolute Gasteiger partial charge is 0.374 e. The number of benzene rings is 2. The number of nitrogens with zero attached hydrogens (tertiary/aromatic N) is 1. The third-order valence-corrected chi connectivity index (χ3v) is 4.03. The lowest BCUT2D eigenvalue weighted by atomic mass is 9.96. The van der Waals surface area contributed by atoms with Gasteiger partial charge >= 0.3 is 0 Å². The van der Waals surface area contributed by atoms with Gasteiger partial charge in [0.25, 0.3) is 5.69 Å². The summed E-state index contributed by atoms with van der Waals surface area (Å²) in [5.41, 5.74) is 2.28. The standard InChI is InChI=1S/C17H15IN2O3/c1-12(21)16(11-18)17(19-14-5-3-2-4-6-14)13-7-9-15(10-8-13)20(22)23/h2-11,17,19H,1H3/b16-11-. The van der Waals surface area contributed by atoms with Gasteiger partial charge in [-0.05, 0) is 40.8 Å². The van der Waals surface area contributed by atoms with Crippen LogP contribution in [0.15, 0.2) is 64.3 Å². The van der Waals surface area contributed by atoms with Gasteiger partial charge in [-0.25, -0.2) is 0 Å². The van der Waals surface area contributed by atoms with Crippen molar-refractivity contribution in [3.05, 3.63) is 79.9 Å². The lowest BCUT2D eigenvalue weighted by Crippen LogP contribution is -2.17. The number of hydrogen-bond acceptors (Lipinski definition) is 4. The van der Waals surface area contributed by atoms with Crippen LogP contribution in [0.3, 0.4) is 0 Å². The van der Waals surface area contributed by atoms with Crippen LogP contribution in [0.5, 0.6) is 0 Å². The Balaban J connectivity index is 2.40. The van der Waals surface area contributed by atoms with E-state index in [-0.39, 0.29) is 17.5 Å². The summed E-state index contributed by atoms with van der Waals surface area (Å²) in [7, 11) is 0. The molecule has 2 aromatic rings. The van der Waals surface area contributed by atoms with Crippen LogP contribution in [0, 0.1) is 10.1 Å². The molecule has 0 aliphatic rings. The fraction of sp³-hybridized carbons (Fsp3) is 0.118. The van der Waals surface area contributed by atoms with Gasteiger partial charge in [-0.15, -0.1) is 0 Å². The molecule has 0 aliphatic carbocycles. The minimum atomic E-state index is -0.441. The Morgan fingerprint density at radius 2 is 1.78 bits per heavy atom. The van der Waals surface area contributed by atoms with Gasteiger partial charge in [-0.3, -0.25) is 14.9 Å². The molecular formula is C17H15IN2O3. The molecule has 0 saturated heterocycles. The molecule has 0 aromatic heterocycles. The van der Waals surface area contributed by atoms with Crippen LogP contribution in [0.25, 0.3) is 0 Å². The van der Waals surface area contributed by atoms with Gasteiger partial charge in [-0.1, -0.05) is 40.8 Å². The van der Waals surface area contributed by atoms with Crippen LogP contribution in [0.1, 0.15) is 18.5 Å². The Kier molecular flexibility index (Phi) is 5.86. The minimum absolute atomic E-state index is 0.0232. The number of nitro benzene ring substituents is 1. The molecule has 0 fully saturated rings. The quantitative estimate of drug-likeness (QED) is 0.318. The van der Waals surface area contributed by atoms with Gasteiger partial charge in [0.1, 0.15) is 0 Å². The summed E-state index contributed by atoms with van der Waals surface area (Å²) in [4.78, 5) is 22.3. The number of nitro groups is 1. The predicted octanol–water partition coefficient (Wildman–Crippen LogP) is 4.66. The Labute approximate surface area is 147 Å². The van der Waals surface area contributed by atoms with Gasteiger partial charge < -0.3 is 5.32 Å². The number of halogens is 1. The molecule has 0 heterocycles. The molecular weight excluding hydrogens is 407 g/mol. The first kappa shape index (κ1) is 17.1. The topological polar surface area (TPSA) is 72.2 Å². The molecule has 1 atom stereocenters. The van der Waals surface area contributed by atoms with Gasteiger partial charge in [0.05, 0.1) is 11.0 Å². The smallest absolute Gasteiger partial charge is 0.269 e. The van der Waals surface area contributed by atoms with E-state index in [2.05, 4.69) is 5.32 Å². The fourth-order valence-corrected chi connectivity index (χ4v) is 2.97. The summed E-state index contributed by atoms with van der Waals surface area (Å²) in [5.74, 6) is -0.0498. The van der Waals surface area contributed by atoms with Crippen molar-refractivity contribution in [2.45, 2.75) is 13.0 Å². The number of para-hydroxylation sites is 1. The average molecular weight is 422 g/mol. The second kappa shape index (κ2) is 7.87. The third kappa shape index (κ3) is 4.38. The van der Waals surface area contributed by atoms with E-state index in [0.29, 0.717) is 5.57 Å². The van der Waals surface area contributed by atoms with E-state index in [0.717, 1.165) is 11.3 Å². The number of ketones is 1. The molecule has 1 N–H and O–H groups in total. The van der Waals surface area contributed by atoms with Crippen molar-refractivity contribution in [1.82, 2.24) is 0 Å². The number of Topliss-reactive ketones (excluding diaryl/α,β-unsaturated/α-hetero) is 1. The van der Waals surface area contributed by atoms with Gasteiger partial charge in [0.2, 0.25) is 0 Å². The van der Waals surface area contributed by atoms with Crippen LogP contribution in [-0.4, -0.2) is 10.7 Å². The Bertz CT molecular complexity index is 727. The summed E-state index contributed by atoms with van der Waals surface area (Å²) < 4.78 is 1.74. The van der Waals surface area contributed by atoms with E-state index in [9.17, 15) is 14.9 Å². The molecule has 0 saturated carbocycles. The zero-order chi connectivity index (χ0) is 16.8. The number of hydrogen-bond donors (Lipinski definition) is 1. The van der Waals surface area contributed by atoms with Crippen LogP contribution in [0.4, 0.5) is 11.4 Å². The summed E-state index contributed by atoms with van der Waals surface area (Å²) in [6.07, 6.45) is 0. The molecule has 1 unspecified atom stereocenters. The van der Waals surface area contributed by atoms with Crippen molar-refractivity contribution in [2.24, 2.45) is 0 Å². The Morgan fingerprint density at radius 1 is 1.17 bits per heavy atom. The molecule has 2 rings (SSSR count). The molecule has 118 valence electrons. The van der Waals surface area contributed by atoms with Crippen LogP contribution in [0.2, 0.25) is 0 Å². The normalized spacial score (nSPS) is 12.5. The van der Waals surface area contributed by atoms with Crippen LogP contribution >= 0.6 is 22.6 Å². The maximum absolute atomic E-state index is 11.9. The summed E-state index contributed by atoms with van der Waals surface area (Å²) in [6, 6.07) is 15.4. The Hall–Kier alpha value is -2.22. The number of anilines is 1. The molecule has 2 aromatic carbocycles. The fourth-order valence-electron chi connectivity index (χ4n) is 2.17. The van der Waals surface area contributed by atoms with E-state index >= 15 is 0 Å². The first-order valence-electron chi connectivity index (χ1n) is 6.90. The highest BCUT2D eigenvalue weighted by molar-refractivity contribution is 14.1. The zero-order valence-corrected chi connectivity index (χ0v) is 14.6.